The van der Waals surface area contributed by atoms with Crippen LogP contribution in [0.15, 0.2) is 71.8 Å². The number of β-amino-alcohol motifs (C(OH)–C–C–N with tert-alkyl or cyclic N) is 1. The summed E-state index contributed by atoms with van der Waals surface area (Å²) in [6.45, 7) is 3.06. The lowest BCUT2D eigenvalue weighted by molar-refractivity contribution is -0.137. The molecule has 2 aromatic carbocycles. The highest BCUT2D eigenvalue weighted by Crippen LogP contribution is 2.30. The van der Waals surface area contributed by atoms with Crippen molar-refractivity contribution in [2.75, 3.05) is 19.6 Å². The monoisotopic (exact) mass is 518 g/mol. The number of benzene rings is 2. The molecule has 0 radical (unpaired) electrons. The van der Waals surface area contributed by atoms with Gasteiger partial charge in [0.25, 0.3) is 5.56 Å². The number of pyridine rings is 1. The van der Waals surface area contributed by atoms with Crippen LogP contribution in [0.25, 0.3) is 27.7 Å². The fraction of sp³-hybridized carbons (Fsp3) is 0.308. The van der Waals surface area contributed by atoms with E-state index in [0.717, 1.165) is 36.1 Å². The second-order valence-electron chi connectivity index (χ2n) is 8.93. The smallest absolute Gasteiger partial charge is 0.390 e. The molecule has 2 aromatic heterocycles. The molecule has 1 fully saturated rings. The molecule has 6 nitrogen and oxygen atoms in total. The third-order valence-corrected chi connectivity index (χ3v) is 6.42. The summed E-state index contributed by atoms with van der Waals surface area (Å²) in [5, 5.41) is 15.7. The van der Waals surface area contributed by atoms with Gasteiger partial charge in [-0.15, -0.1) is 12.4 Å². The Hall–Kier alpha value is -3.14. The van der Waals surface area contributed by atoms with Crippen molar-refractivity contribution in [1.29, 1.82) is 0 Å². The average Bonchev–Trinajstić information content (AvgIpc) is 3.48. The van der Waals surface area contributed by atoms with Gasteiger partial charge in [0.15, 0.2) is 0 Å². The number of aliphatic hydroxyl groups is 1. The highest BCUT2D eigenvalue weighted by Gasteiger charge is 2.30. The molecule has 0 amide bonds. The number of halogens is 4. The quantitative estimate of drug-likeness (QED) is 0.400. The molecule has 0 aliphatic carbocycles. The van der Waals surface area contributed by atoms with Gasteiger partial charge in [0.2, 0.25) is 0 Å². The molecule has 0 bridgehead atoms. The molecule has 10 heteroatoms. The number of nitrogens with zero attached hydrogens (tertiary/aromatic N) is 4. The van der Waals surface area contributed by atoms with E-state index >= 15 is 0 Å². The van der Waals surface area contributed by atoms with Gasteiger partial charge in [-0.2, -0.15) is 18.3 Å². The van der Waals surface area contributed by atoms with Crippen molar-refractivity contribution in [3.05, 3.63) is 82.9 Å². The van der Waals surface area contributed by atoms with Crippen LogP contribution in [0.4, 0.5) is 13.2 Å². The van der Waals surface area contributed by atoms with Gasteiger partial charge in [-0.25, -0.2) is 0 Å². The van der Waals surface area contributed by atoms with Crippen LogP contribution in [-0.4, -0.2) is 50.1 Å². The Labute approximate surface area is 212 Å². The summed E-state index contributed by atoms with van der Waals surface area (Å²) in [7, 11) is 0. The van der Waals surface area contributed by atoms with Gasteiger partial charge < -0.3 is 10.0 Å². The van der Waals surface area contributed by atoms with E-state index in [0.29, 0.717) is 29.9 Å². The summed E-state index contributed by atoms with van der Waals surface area (Å²) in [6.07, 6.45) is 0.746. The van der Waals surface area contributed by atoms with E-state index in [9.17, 15) is 23.1 Å². The zero-order valence-electron chi connectivity index (χ0n) is 19.4. The van der Waals surface area contributed by atoms with Crippen molar-refractivity contribution in [3.8, 4) is 16.8 Å². The number of fused-ring (bicyclic) bond motifs is 1. The van der Waals surface area contributed by atoms with Gasteiger partial charge in [0.05, 0.1) is 29.9 Å². The Morgan fingerprint density at radius 3 is 2.33 bits per heavy atom. The zero-order chi connectivity index (χ0) is 24.6. The Kier molecular flexibility index (Phi) is 7.54. The molecule has 1 saturated heterocycles. The third-order valence-electron chi connectivity index (χ3n) is 6.42. The maximum atomic E-state index is 12.8. The summed E-state index contributed by atoms with van der Waals surface area (Å²) in [5.74, 6) is 0. The molecule has 4 aromatic rings. The van der Waals surface area contributed by atoms with Crippen molar-refractivity contribution in [3.63, 3.8) is 0 Å². The number of hydrogen-bond donors (Lipinski definition) is 1. The molecule has 1 atom stereocenters. The van der Waals surface area contributed by atoms with E-state index in [1.54, 1.807) is 23.1 Å². The molecule has 0 unspecified atom stereocenters. The van der Waals surface area contributed by atoms with Crippen LogP contribution in [0, 0.1) is 0 Å². The second kappa shape index (κ2) is 10.5. The minimum Gasteiger partial charge on any atom is -0.390 e. The van der Waals surface area contributed by atoms with Crippen molar-refractivity contribution in [2.24, 2.45) is 0 Å². The fourth-order valence-corrected chi connectivity index (χ4v) is 4.61. The standard InChI is InChI=1S/C26H25F3N4O2.ClH/c27-26(28,29)21-5-3-18(4-6-21)19-9-12-32(25(35)14-19)22-7-8-24-20(13-22)15-30-33(24)17-23(34)16-31-10-1-2-11-31;/h3-9,12-15,23,34H,1-2,10-11,16-17H2;1H/t23-;/m0./s1. The highest BCUT2D eigenvalue weighted by atomic mass is 35.5. The van der Waals surface area contributed by atoms with E-state index < -0.39 is 17.8 Å². The molecule has 0 spiro atoms. The minimum atomic E-state index is -4.40. The van der Waals surface area contributed by atoms with Gasteiger partial charge >= 0.3 is 6.18 Å². The van der Waals surface area contributed by atoms with Crippen LogP contribution < -0.4 is 5.56 Å². The molecule has 1 aliphatic rings. The van der Waals surface area contributed by atoms with E-state index in [2.05, 4.69) is 10.00 Å². The second-order valence-corrected chi connectivity index (χ2v) is 8.93. The van der Waals surface area contributed by atoms with E-state index in [1.807, 2.05) is 18.2 Å². The summed E-state index contributed by atoms with van der Waals surface area (Å²) in [4.78, 5) is 15.1. The normalized spacial score (nSPS) is 15.2. The summed E-state index contributed by atoms with van der Waals surface area (Å²) < 4.78 is 41.7. The molecular weight excluding hydrogens is 493 g/mol. The Morgan fingerprint density at radius 2 is 1.67 bits per heavy atom. The van der Waals surface area contributed by atoms with Crippen molar-refractivity contribution in [2.45, 2.75) is 31.7 Å². The van der Waals surface area contributed by atoms with E-state index in [4.69, 9.17) is 0 Å². The predicted molar refractivity (Wildman–Crippen MR) is 135 cm³/mol. The SMILES string of the molecule is Cl.O=c1cc(-c2ccc(C(F)(F)F)cc2)ccn1-c1ccc2c(cnn2C[C@@H](O)CN2CCCC2)c1. The fourth-order valence-electron chi connectivity index (χ4n) is 4.61. The van der Waals surface area contributed by atoms with E-state index in [-0.39, 0.29) is 18.0 Å². The zero-order valence-corrected chi connectivity index (χ0v) is 20.2. The van der Waals surface area contributed by atoms with Gasteiger partial charge in [-0.1, -0.05) is 12.1 Å². The molecule has 3 heterocycles. The first-order valence-electron chi connectivity index (χ1n) is 11.5. The van der Waals surface area contributed by atoms with Crippen molar-refractivity contribution >= 4 is 23.3 Å². The van der Waals surface area contributed by atoms with Crippen LogP contribution >= 0.6 is 12.4 Å². The lowest BCUT2D eigenvalue weighted by atomic mass is 10.0. The number of hydrogen-bond acceptors (Lipinski definition) is 4. The maximum Gasteiger partial charge on any atom is 0.416 e. The Balaban J connectivity index is 0.00000304. The first kappa shape index (κ1) is 25.9. The molecular formula is C26H26ClF3N4O2. The number of aromatic nitrogens is 3. The van der Waals surface area contributed by atoms with Crippen LogP contribution in [0.5, 0.6) is 0 Å². The Bertz CT molecular complexity index is 1390. The van der Waals surface area contributed by atoms with Crippen molar-refractivity contribution in [1.82, 2.24) is 19.2 Å². The number of likely N-dealkylation sites (tertiary alicyclic amines) is 1. The summed E-state index contributed by atoms with van der Waals surface area (Å²) in [6, 6.07) is 13.4. The minimum absolute atomic E-state index is 0. The number of alkyl halides is 3. The molecule has 1 N–H and O–H groups in total. The first-order chi connectivity index (χ1) is 16.8. The lowest BCUT2D eigenvalue weighted by Gasteiger charge is -2.19. The lowest BCUT2D eigenvalue weighted by Crippen LogP contribution is -2.32. The molecule has 190 valence electrons. The van der Waals surface area contributed by atoms with Crippen molar-refractivity contribution < 1.29 is 18.3 Å². The number of aliphatic hydroxyl groups excluding tert-OH is 1. The van der Waals surface area contributed by atoms with Crippen LogP contribution in [0.3, 0.4) is 0 Å². The van der Waals surface area contributed by atoms with Gasteiger partial charge in [-0.3, -0.25) is 14.0 Å². The molecule has 1 aliphatic heterocycles. The average molecular weight is 519 g/mol. The highest BCUT2D eigenvalue weighted by molar-refractivity contribution is 5.85. The first-order valence-corrected chi connectivity index (χ1v) is 11.5. The number of rotatable bonds is 6. The van der Waals surface area contributed by atoms with Crippen LogP contribution in [0.2, 0.25) is 0 Å². The van der Waals surface area contributed by atoms with Gasteiger partial charge in [0.1, 0.15) is 0 Å². The van der Waals surface area contributed by atoms with E-state index in [1.165, 1.54) is 35.6 Å². The summed E-state index contributed by atoms with van der Waals surface area (Å²) >= 11 is 0. The molecule has 5 rings (SSSR count). The Morgan fingerprint density at radius 1 is 0.944 bits per heavy atom. The topological polar surface area (TPSA) is 63.3 Å². The third kappa shape index (κ3) is 5.48. The summed E-state index contributed by atoms with van der Waals surface area (Å²) in [5.41, 5.74) is 1.57. The maximum absolute atomic E-state index is 12.8. The largest absolute Gasteiger partial charge is 0.416 e. The predicted octanol–water partition coefficient (Wildman–Crippen LogP) is 4.75. The molecule has 36 heavy (non-hydrogen) atoms. The van der Waals surface area contributed by atoms with Gasteiger partial charge in [0, 0.05) is 29.9 Å². The van der Waals surface area contributed by atoms with Crippen LogP contribution in [-0.2, 0) is 12.7 Å². The van der Waals surface area contributed by atoms with Crippen LogP contribution in [0.1, 0.15) is 18.4 Å². The molecule has 0 saturated carbocycles. The van der Waals surface area contributed by atoms with Gasteiger partial charge in [-0.05, 0) is 73.5 Å².